The van der Waals surface area contributed by atoms with E-state index in [9.17, 15) is 15.0 Å². The second-order valence-electron chi connectivity index (χ2n) is 8.01. The van der Waals surface area contributed by atoms with Gasteiger partial charge in [0, 0.05) is 22.3 Å². The molecule has 3 nitrogen and oxygen atoms in total. The van der Waals surface area contributed by atoms with Gasteiger partial charge in [0.15, 0.2) is 5.78 Å². The van der Waals surface area contributed by atoms with E-state index in [1.807, 2.05) is 91.0 Å². The molecule has 0 unspecified atom stereocenters. The van der Waals surface area contributed by atoms with Crippen LogP contribution < -0.4 is 0 Å². The molecule has 0 spiro atoms. The molecule has 0 aliphatic rings. The fourth-order valence-electron chi connectivity index (χ4n) is 4.29. The lowest BCUT2D eigenvalue weighted by Gasteiger charge is -2.20. The van der Waals surface area contributed by atoms with E-state index in [2.05, 4.69) is 0 Å². The zero-order valence-electron chi connectivity index (χ0n) is 18.3. The van der Waals surface area contributed by atoms with Gasteiger partial charge >= 0.3 is 0 Å². The number of rotatable bonds is 5. The lowest BCUT2D eigenvalue weighted by molar-refractivity contribution is 0.103. The second kappa shape index (κ2) is 9.08. The molecule has 0 bridgehead atoms. The van der Waals surface area contributed by atoms with Crippen LogP contribution in [0.1, 0.15) is 15.9 Å². The lowest BCUT2D eigenvalue weighted by Crippen LogP contribution is -2.06. The number of hydrogen-bond acceptors (Lipinski definition) is 3. The molecule has 0 saturated carbocycles. The van der Waals surface area contributed by atoms with E-state index < -0.39 is 0 Å². The molecule has 0 heterocycles. The quantitative estimate of drug-likeness (QED) is 0.280. The van der Waals surface area contributed by atoms with E-state index in [1.165, 1.54) is 6.07 Å². The summed E-state index contributed by atoms with van der Waals surface area (Å²) in [4.78, 5) is 13.9. The van der Waals surface area contributed by atoms with Crippen molar-refractivity contribution in [2.75, 3.05) is 0 Å². The van der Waals surface area contributed by atoms with Crippen LogP contribution in [0.2, 0.25) is 0 Å². The lowest BCUT2D eigenvalue weighted by atomic mass is 9.83. The van der Waals surface area contributed by atoms with E-state index in [4.69, 9.17) is 0 Å². The normalized spacial score (nSPS) is 10.7. The summed E-state index contributed by atoms with van der Waals surface area (Å²) in [6.07, 6.45) is 0. The number of benzene rings is 5. The molecule has 0 aromatic heterocycles. The molecule has 0 fully saturated rings. The first kappa shape index (κ1) is 21.2. The highest BCUT2D eigenvalue weighted by atomic mass is 16.3. The zero-order valence-corrected chi connectivity index (χ0v) is 18.3. The average molecular weight is 443 g/mol. The summed E-state index contributed by atoms with van der Waals surface area (Å²) in [5.41, 5.74) is 4.76. The zero-order chi connectivity index (χ0) is 23.5. The molecule has 0 aliphatic carbocycles. The maximum atomic E-state index is 13.9. The number of aromatic hydroxyl groups is 2. The van der Waals surface area contributed by atoms with Gasteiger partial charge in [-0.3, -0.25) is 4.79 Å². The third-order valence-corrected chi connectivity index (χ3v) is 5.90. The summed E-state index contributed by atoms with van der Waals surface area (Å²) in [6, 6.07) is 36.9. The summed E-state index contributed by atoms with van der Waals surface area (Å²) in [5.74, 6) is -0.293. The van der Waals surface area contributed by atoms with E-state index in [1.54, 1.807) is 24.3 Å². The van der Waals surface area contributed by atoms with Crippen molar-refractivity contribution in [2.45, 2.75) is 0 Å². The summed E-state index contributed by atoms with van der Waals surface area (Å²) < 4.78 is 0. The molecular weight excluding hydrogens is 420 g/mol. The van der Waals surface area contributed by atoms with Gasteiger partial charge < -0.3 is 10.2 Å². The number of carbonyl (C=O) groups is 1. The Balaban J connectivity index is 1.91. The van der Waals surface area contributed by atoms with Gasteiger partial charge in [-0.25, -0.2) is 0 Å². The third-order valence-electron chi connectivity index (χ3n) is 5.90. The maximum Gasteiger partial charge on any atom is 0.197 e. The van der Waals surface area contributed by atoms with Crippen LogP contribution in [0.25, 0.3) is 33.4 Å². The van der Waals surface area contributed by atoms with Gasteiger partial charge in [-0.15, -0.1) is 0 Å². The van der Waals surface area contributed by atoms with Gasteiger partial charge in [0.2, 0.25) is 0 Å². The molecule has 164 valence electrons. The molecule has 3 heteroatoms. The van der Waals surface area contributed by atoms with Gasteiger partial charge in [-0.2, -0.15) is 0 Å². The largest absolute Gasteiger partial charge is 0.507 e. The van der Waals surface area contributed by atoms with Crippen LogP contribution in [0.3, 0.4) is 0 Å². The Hall–Kier alpha value is -4.63. The van der Waals surface area contributed by atoms with Crippen molar-refractivity contribution < 1.29 is 15.0 Å². The Kier molecular flexibility index (Phi) is 5.67. The minimum Gasteiger partial charge on any atom is -0.507 e. The fourth-order valence-corrected chi connectivity index (χ4v) is 4.29. The van der Waals surface area contributed by atoms with Crippen LogP contribution in [-0.4, -0.2) is 16.0 Å². The molecule has 5 rings (SSSR count). The van der Waals surface area contributed by atoms with Gasteiger partial charge in [0.25, 0.3) is 0 Å². The Morgan fingerprint density at radius 3 is 1.53 bits per heavy atom. The third kappa shape index (κ3) is 3.84. The Bertz CT molecular complexity index is 1460. The minimum absolute atomic E-state index is 0.0814. The minimum atomic E-state index is -0.314. The van der Waals surface area contributed by atoms with E-state index in [-0.39, 0.29) is 22.8 Å². The second-order valence-corrected chi connectivity index (χ2v) is 8.01. The van der Waals surface area contributed by atoms with Gasteiger partial charge in [-0.05, 0) is 34.9 Å². The van der Waals surface area contributed by atoms with Crippen molar-refractivity contribution in [3.8, 4) is 44.9 Å². The first-order valence-electron chi connectivity index (χ1n) is 11.0. The van der Waals surface area contributed by atoms with Crippen molar-refractivity contribution >= 4 is 5.78 Å². The van der Waals surface area contributed by atoms with Crippen molar-refractivity contribution in [1.82, 2.24) is 0 Å². The monoisotopic (exact) mass is 442 g/mol. The number of para-hydroxylation sites is 1. The number of ketones is 1. The van der Waals surface area contributed by atoms with Crippen molar-refractivity contribution in [3.63, 3.8) is 0 Å². The predicted molar refractivity (Wildman–Crippen MR) is 136 cm³/mol. The summed E-state index contributed by atoms with van der Waals surface area (Å²) in [5, 5.41) is 22.1. The number of phenols is 2. The van der Waals surface area contributed by atoms with Crippen LogP contribution in [-0.2, 0) is 0 Å². The molecule has 5 aromatic rings. The maximum absolute atomic E-state index is 13.9. The summed E-state index contributed by atoms with van der Waals surface area (Å²) in [7, 11) is 0. The van der Waals surface area contributed by atoms with Crippen LogP contribution in [0.5, 0.6) is 11.5 Å². The van der Waals surface area contributed by atoms with Crippen LogP contribution in [0.4, 0.5) is 0 Å². The Labute approximate surface area is 198 Å². The van der Waals surface area contributed by atoms with E-state index in [0.717, 1.165) is 16.7 Å². The van der Waals surface area contributed by atoms with Crippen LogP contribution in [0.15, 0.2) is 121 Å². The Morgan fingerprint density at radius 1 is 0.500 bits per heavy atom. The molecule has 0 atom stereocenters. The highest BCUT2D eigenvalue weighted by Gasteiger charge is 2.26. The molecule has 34 heavy (non-hydrogen) atoms. The van der Waals surface area contributed by atoms with Crippen LogP contribution >= 0.6 is 0 Å². The standard InChI is InChI=1S/C31H22O3/c32-27-19-11-10-18-24(27)30(33)26-20-25(21-12-4-1-5-13-21)31(34)29(23-16-8-3-9-17-23)28(26)22-14-6-2-7-15-22/h1-20,32,34H. The molecule has 0 aliphatic heterocycles. The van der Waals surface area contributed by atoms with Crippen LogP contribution in [0, 0.1) is 0 Å². The SMILES string of the molecule is O=C(c1ccccc1O)c1cc(-c2ccccc2)c(O)c(-c2ccccc2)c1-c1ccccc1. The molecule has 0 amide bonds. The van der Waals surface area contributed by atoms with Gasteiger partial charge in [0.05, 0.1) is 5.56 Å². The summed E-state index contributed by atoms with van der Waals surface area (Å²) in [6.45, 7) is 0. The first-order valence-corrected chi connectivity index (χ1v) is 11.0. The fraction of sp³-hybridized carbons (Fsp3) is 0. The smallest absolute Gasteiger partial charge is 0.197 e. The van der Waals surface area contributed by atoms with Crippen molar-refractivity contribution in [1.29, 1.82) is 0 Å². The first-order chi connectivity index (χ1) is 16.6. The number of carbonyl (C=O) groups excluding carboxylic acids is 1. The number of hydrogen-bond donors (Lipinski definition) is 2. The Morgan fingerprint density at radius 2 is 0.971 bits per heavy atom. The van der Waals surface area contributed by atoms with E-state index >= 15 is 0 Å². The van der Waals surface area contributed by atoms with Crippen molar-refractivity contribution in [3.05, 3.63) is 132 Å². The van der Waals surface area contributed by atoms with Gasteiger partial charge in [-0.1, -0.05) is 103 Å². The van der Waals surface area contributed by atoms with Crippen molar-refractivity contribution in [2.24, 2.45) is 0 Å². The topological polar surface area (TPSA) is 57.5 Å². The average Bonchev–Trinajstić information content (AvgIpc) is 2.90. The highest BCUT2D eigenvalue weighted by molar-refractivity contribution is 6.17. The molecule has 2 N–H and O–H groups in total. The van der Waals surface area contributed by atoms with E-state index in [0.29, 0.717) is 22.3 Å². The summed E-state index contributed by atoms with van der Waals surface area (Å²) >= 11 is 0. The van der Waals surface area contributed by atoms with Gasteiger partial charge in [0.1, 0.15) is 11.5 Å². The predicted octanol–water partition coefficient (Wildman–Crippen LogP) is 7.33. The molecule has 0 saturated heterocycles. The number of phenolic OH excluding ortho intramolecular Hbond substituents is 2. The molecular formula is C31H22O3. The molecule has 5 aromatic carbocycles. The highest BCUT2D eigenvalue weighted by Crippen LogP contribution is 2.47. The molecule has 0 radical (unpaired) electrons.